The Hall–Kier alpha value is -2.61. The lowest BCUT2D eigenvalue weighted by atomic mass is 10.0. The van der Waals surface area contributed by atoms with Crippen LogP contribution in [0, 0.1) is 0 Å². The molecule has 0 saturated carbocycles. The van der Waals surface area contributed by atoms with Gasteiger partial charge in [0.1, 0.15) is 5.82 Å². The van der Waals surface area contributed by atoms with Crippen molar-refractivity contribution in [1.29, 1.82) is 0 Å². The van der Waals surface area contributed by atoms with E-state index in [4.69, 9.17) is 11.6 Å². The smallest absolute Gasteiger partial charge is 0.395 e. The minimum atomic E-state index is -3.71. The number of hydrogen-bond acceptors (Lipinski definition) is 4. The average molecular weight is 440 g/mol. The van der Waals surface area contributed by atoms with Gasteiger partial charge in [0, 0.05) is 36.0 Å². The first kappa shape index (κ1) is 22.1. The number of pyridine rings is 1. The highest BCUT2D eigenvalue weighted by Gasteiger charge is 2.43. The third-order valence-corrected chi connectivity index (χ3v) is 5.18. The lowest BCUT2D eigenvalue weighted by Gasteiger charge is -2.33. The largest absolute Gasteiger partial charge is 0.586 e. The highest BCUT2D eigenvalue weighted by molar-refractivity contribution is 6.33. The molecule has 2 aromatic rings. The average Bonchev–Trinajstić information content (AvgIpc) is 3.02. The number of carbonyl (C=O) groups is 1. The van der Waals surface area contributed by atoms with Gasteiger partial charge in [0.25, 0.3) is 0 Å². The number of ether oxygens (including phenoxy) is 2. The predicted octanol–water partition coefficient (Wildman–Crippen LogP) is 6.16. The molecule has 0 radical (unpaired) electrons. The summed E-state index contributed by atoms with van der Waals surface area (Å²) in [6.07, 6.45) is 0.909. The molecule has 2 aliphatic rings. The van der Waals surface area contributed by atoms with Crippen molar-refractivity contribution in [3.63, 3.8) is 0 Å². The number of anilines is 1. The van der Waals surface area contributed by atoms with Crippen molar-refractivity contribution in [2.45, 2.75) is 52.4 Å². The number of aromatic nitrogens is 1. The molecule has 9 heteroatoms. The van der Waals surface area contributed by atoms with Gasteiger partial charge in [-0.2, -0.15) is 0 Å². The Labute approximate surface area is 179 Å². The molecular weight excluding hydrogens is 416 g/mol. The molecule has 1 fully saturated rings. The van der Waals surface area contributed by atoms with E-state index in [-0.39, 0.29) is 28.6 Å². The van der Waals surface area contributed by atoms with Crippen molar-refractivity contribution >= 4 is 23.4 Å². The number of nitrogens with one attached hydrogen (secondary N) is 1. The van der Waals surface area contributed by atoms with Gasteiger partial charge in [0.2, 0.25) is 0 Å². The fourth-order valence-corrected chi connectivity index (χ4v) is 3.66. The number of alkyl halides is 2. The molecule has 1 unspecified atom stereocenters. The molecule has 162 valence electrons. The zero-order valence-corrected chi connectivity index (χ0v) is 17.8. The van der Waals surface area contributed by atoms with Gasteiger partial charge in [0.15, 0.2) is 11.5 Å². The standard InChI is InChI=1S/C19H18ClF2N3O3.C2H6/c1-11-4-2-3-7-25(11)18(26)24-17-6-5-12(10-23-17)13-8-15-16(9-14(13)20)28-19(21,22)27-15;1-2/h5-6,8-11H,2-4,7H2,1H3,(H,23,24,26);1-2H3. The number of benzene rings is 1. The van der Waals surface area contributed by atoms with Crippen LogP contribution in [0.25, 0.3) is 11.1 Å². The van der Waals surface area contributed by atoms with Crippen molar-refractivity contribution < 1.29 is 23.0 Å². The molecule has 6 nitrogen and oxygen atoms in total. The molecular formula is C21H24ClF2N3O3. The summed E-state index contributed by atoms with van der Waals surface area (Å²) in [5.74, 6) is 0.182. The number of amides is 2. The van der Waals surface area contributed by atoms with Crippen LogP contribution >= 0.6 is 11.6 Å². The van der Waals surface area contributed by atoms with Gasteiger partial charge in [-0.15, -0.1) is 8.78 Å². The van der Waals surface area contributed by atoms with Crippen molar-refractivity contribution in [1.82, 2.24) is 9.88 Å². The number of likely N-dealkylation sites (tertiary alicyclic amines) is 1. The molecule has 1 aromatic heterocycles. The Morgan fingerprint density at radius 3 is 2.57 bits per heavy atom. The first-order valence-electron chi connectivity index (χ1n) is 9.96. The van der Waals surface area contributed by atoms with E-state index in [0.717, 1.165) is 25.8 Å². The van der Waals surface area contributed by atoms with Crippen LogP contribution in [-0.4, -0.2) is 34.8 Å². The van der Waals surface area contributed by atoms with E-state index >= 15 is 0 Å². The molecule has 2 aliphatic heterocycles. The normalized spacial score (nSPS) is 19.0. The van der Waals surface area contributed by atoms with Crippen LogP contribution in [0.3, 0.4) is 0 Å². The van der Waals surface area contributed by atoms with Crippen molar-refractivity contribution in [2.75, 3.05) is 11.9 Å². The molecule has 30 heavy (non-hydrogen) atoms. The molecule has 2 amide bonds. The summed E-state index contributed by atoms with van der Waals surface area (Å²) in [5, 5.41) is 3.01. The SMILES string of the molecule is CC.CC1CCCCN1C(=O)Nc1ccc(-c2cc3c(cc2Cl)OC(F)(F)O3)cn1. The van der Waals surface area contributed by atoms with Gasteiger partial charge in [0.05, 0.1) is 5.02 Å². The lowest BCUT2D eigenvalue weighted by molar-refractivity contribution is -0.286. The fourth-order valence-electron chi connectivity index (χ4n) is 3.40. The Balaban J connectivity index is 0.00000124. The third-order valence-electron chi connectivity index (χ3n) is 4.86. The van der Waals surface area contributed by atoms with Crippen molar-refractivity contribution in [3.05, 3.63) is 35.5 Å². The number of urea groups is 1. The highest BCUT2D eigenvalue weighted by atomic mass is 35.5. The molecule has 1 aromatic carbocycles. The number of carbonyl (C=O) groups excluding carboxylic acids is 1. The molecule has 4 rings (SSSR count). The molecule has 0 spiro atoms. The molecule has 0 aliphatic carbocycles. The number of halogens is 3. The van der Waals surface area contributed by atoms with Crippen LogP contribution in [0.4, 0.5) is 19.4 Å². The summed E-state index contributed by atoms with van der Waals surface area (Å²) < 4.78 is 35.3. The van der Waals surface area contributed by atoms with E-state index in [1.807, 2.05) is 20.8 Å². The number of hydrogen-bond donors (Lipinski definition) is 1. The van der Waals surface area contributed by atoms with Gasteiger partial charge in [-0.05, 0) is 44.4 Å². The quantitative estimate of drug-likeness (QED) is 0.609. The number of piperidine rings is 1. The van der Waals surface area contributed by atoms with E-state index in [9.17, 15) is 13.6 Å². The number of nitrogens with zero attached hydrogens (tertiary/aromatic N) is 2. The molecule has 1 N–H and O–H groups in total. The minimum Gasteiger partial charge on any atom is -0.395 e. The van der Waals surface area contributed by atoms with Crippen LogP contribution in [0.5, 0.6) is 11.5 Å². The summed E-state index contributed by atoms with van der Waals surface area (Å²) in [6.45, 7) is 6.75. The summed E-state index contributed by atoms with van der Waals surface area (Å²) in [5.41, 5.74) is 1.06. The summed E-state index contributed by atoms with van der Waals surface area (Å²) in [7, 11) is 0. The highest BCUT2D eigenvalue weighted by Crippen LogP contribution is 2.46. The zero-order chi connectivity index (χ0) is 21.9. The second-order valence-electron chi connectivity index (χ2n) is 6.85. The van der Waals surface area contributed by atoms with Gasteiger partial charge in [-0.3, -0.25) is 5.32 Å². The zero-order valence-electron chi connectivity index (χ0n) is 17.0. The van der Waals surface area contributed by atoms with Crippen molar-refractivity contribution in [2.24, 2.45) is 0 Å². The lowest BCUT2D eigenvalue weighted by Crippen LogP contribution is -2.44. The van der Waals surface area contributed by atoms with Crippen LogP contribution in [0.1, 0.15) is 40.0 Å². The van der Waals surface area contributed by atoms with E-state index < -0.39 is 6.29 Å². The first-order chi connectivity index (χ1) is 14.3. The Kier molecular flexibility index (Phi) is 6.65. The first-order valence-corrected chi connectivity index (χ1v) is 10.3. The fraction of sp³-hybridized carbons (Fsp3) is 0.429. The van der Waals surface area contributed by atoms with Gasteiger partial charge in [-0.25, -0.2) is 9.78 Å². The van der Waals surface area contributed by atoms with Gasteiger partial charge in [-0.1, -0.05) is 25.4 Å². The maximum atomic E-state index is 13.2. The maximum Gasteiger partial charge on any atom is 0.586 e. The van der Waals surface area contributed by atoms with E-state index in [1.54, 1.807) is 17.0 Å². The maximum absolute atomic E-state index is 13.2. The van der Waals surface area contributed by atoms with Crippen LogP contribution < -0.4 is 14.8 Å². The Morgan fingerprint density at radius 2 is 1.93 bits per heavy atom. The third kappa shape index (κ3) is 4.75. The summed E-state index contributed by atoms with van der Waals surface area (Å²) in [4.78, 5) is 18.5. The van der Waals surface area contributed by atoms with Crippen LogP contribution in [0.15, 0.2) is 30.5 Å². The van der Waals surface area contributed by atoms with Gasteiger partial charge < -0.3 is 14.4 Å². The predicted molar refractivity (Wildman–Crippen MR) is 111 cm³/mol. The number of fused-ring (bicyclic) bond motifs is 1. The molecule has 0 bridgehead atoms. The molecule has 1 atom stereocenters. The Bertz CT molecular complexity index is 909. The van der Waals surface area contributed by atoms with E-state index in [0.29, 0.717) is 16.9 Å². The topological polar surface area (TPSA) is 63.7 Å². The monoisotopic (exact) mass is 439 g/mol. The second-order valence-corrected chi connectivity index (χ2v) is 7.25. The van der Waals surface area contributed by atoms with Gasteiger partial charge >= 0.3 is 12.3 Å². The summed E-state index contributed by atoms with van der Waals surface area (Å²) in [6, 6.07) is 6.00. The Morgan fingerprint density at radius 1 is 1.23 bits per heavy atom. The van der Waals surface area contributed by atoms with E-state index in [1.165, 1.54) is 18.3 Å². The van der Waals surface area contributed by atoms with Crippen LogP contribution in [0.2, 0.25) is 5.02 Å². The van der Waals surface area contributed by atoms with Crippen molar-refractivity contribution in [3.8, 4) is 22.6 Å². The minimum absolute atomic E-state index is 0.0964. The second kappa shape index (κ2) is 9.04. The molecule has 1 saturated heterocycles. The van der Waals surface area contributed by atoms with E-state index in [2.05, 4.69) is 19.8 Å². The number of rotatable bonds is 2. The van der Waals surface area contributed by atoms with Crippen LogP contribution in [-0.2, 0) is 0 Å². The molecule has 3 heterocycles. The summed E-state index contributed by atoms with van der Waals surface area (Å²) >= 11 is 6.19.